The zero-order valence-corrected chi connectivity index (χ0v) is 22.1. The summed E-state index contributed by atoms with van der Waals surface area (Å²) in [5.74, 6) is -0.417. The van der Waals surface area contributed by atoms with Crippen LogP contribution in [-0.4, -0.2) is 30.8 Å². The van der Waals surface area contributed by atoms with Gasteiger partial charge in [-0.25, -0.2) is 4.79 Å². The van der Waals surface area contributed by atoms with Gasteiger partial charge < -0.3 is 19.6 Å². The Balaban J connectivity index is 0.000000246. The molecule has 4 rings (SSSR count). The van der Waals surface area contributed by atoms with E-state index in [1.807, 2.05) is 44.4 Å². The number of ether oxygens (including phenoxy) is 1. The Morgan fingerprint density at radius 1 is 1.03 bits per heavy atom. The number of aromatic nitrogens is 2. The van der Waals surface area contributed by atoms with Crippen molar-refractivity contribution >= 4 is 17.4 Å². The normalized spacial score (nSPS) is 9.69. The van der Waals surface area contributed by atoms with Crippen LogP contribution in [0.3, 0.4) is 0 Å². The summed E-state index contributed by atoms with van der Waals surface area (Å²) in [4.78, 5) is 33.8. The number of rotatable bonds is 6. The Labute approximate surface area is 219 Å². The van der Waals surface area contributed by atoms with E-state index in [-0.39, 0.29) is 25.9 Å². The molecule has 0 amide bonds. The fraction of sp³-hybridized carbons (Fsp3) is 0.107. The van der Waals surface area contributed by atoms with Gasteiger partial charge >= 0.3 is 5.97 Å². The zero-order chi connectivity index (χ0) is 24.5. The molecule has 0 N–H and O–H groups in total. The van der Waals surface area contributed by atoms with E-state index in [0.29, 0.717) is 22.6 Å². The Kier molecular flexibility index (Phi) is 10.3. The SMILES string of the molecule is C=C(C)C(=O)Oc1cccc(C(=O)c2ccc[n-]2)c1.CN(C)c1cc[c-]c(-c2ccccn2)c1.[Ir]. The molecule has 1 radical (unpaired) electrons. The van der Waals surface area contributed by atoms with Crippen LogP contribution in [0.4, 0.5) is 5.69 Å². The van der Waals surface area contributed by atoms with Crippen molar-refractivity contribution in [3.8, 4) is 17.0 Å². The van der Waals surface area contributed by atoms with E-state index in [9.17, 15) is 9.59 Å². The van der Waals surface area contributed by atoms with E-state index >= 15 is 0 Å². The van der Waals surface area contributed by atoms with Crippen molar-refractivity contribution in [2.75, 3.05) is 19.0 Å². The number of benzene rings is 2. The first kappa shape index (κ1) is 27.4. The summed E-state index contributed by atoms with van der Waals surface area (Å²) in [6.45, 7) is 5.06. The van der Waals surface area contributed by atoms with Gasteiger partial charge in [0.2, 0.25) is 0 Å². The topological polar surface area (TPSA) is 73.6 Å². The average Bonchev–Trinajstić information content (AvgIpc) is 3.40. The molecule has 0 fully saturated rings. The fourth-order valence-corrected chi connectivity index (χ4v) is 2.88. The van der Waals surface area contributed by atoms with Crippen LogP contribution in [0.25, 0.3) is 11.3 Å². The Morgan fingerprint density at radius 2 is 1.83 bits per heavy atom. The monoisotopic (exact) mass is 644 g/mol. The number of hydrogen-bond donors (Lipinski definition) is 0. The van der Waals surface area contributed by atoms with Gasteiger partial charge in [0, 0.05) is 51.5 Å². The molecule has 7 heteroatoms. The van der Waals surface area contributed by atoms with Crippen molar-refractivity contribution in [1.29, 1.82) is 0 Å². The van der Waals surface area contributed by atoms with E-state index < -0.39 is 5.97 Å². The molecule has 6 nitrogen and oxygen atoms in total. The molecule has 2 aromatic carbocycles. The van der Waals surface area contributed by atoms with Crippen LogP contribution in [-0.2, 0) is 24.9 Å². The number of anilines is 1. The Bertz CT molecular complexity index is 1270. The summed E-state index contributed by atoms with van der Waals surface area (Å²) in [6, 6.07) is 24.9. The third kappa shape index (κ3) is 7.88. The second-order valence-electron chi connectivity index (χ2n) is 7.62. The number of nitrogens with zero attached hydrogens (tertiary/aromatic N) is 3. The Morgan fingerprint density at radius 3 is 2.46 bits per heavy atom. The number of esters is 1. The molecule has 0 aliphatic heterocycles. The predicted molar refractivity (Wildman–Crippen MR) is 133 cm³/mol. The molecule has 0 saturated heterocycles. The number of hydrogen-bond acceptors (Lipinski definition) is 5. The molecular weight excluding hydrogens is 619 g/mol. The maximum atomic E-state index is 12.1. The quantitative estimate of drug-likeness (QED) is 0.0972. The molecule has 181 valence electrons. The fourth-order valence-electron chi connectivity index (χ4n) is 2.88. The minimum Gasteiger partial charge on any atom is -0.661 e. The molecule has 0 aliphatic carbocycles. The molecule has 0 unspecified atom stereocenters. The number of pyridine rings is 1. The van der Waals surface area contributed by atoms with Crippen molar-refractivity contribution in [3.05, 3.63) is 115 Å². The molecule has 0 atom stereocenters. The second-order valence-corrected chi connectivity index (χ2v) is 7.62. The Hall–Kier alpha value is -3.80. The van der Waals surface area contributed by atoms with Crippen molar-refractivity contribution in [2.45, 2.75) is 6.92 Å². The van der Waals surface area contributed by atoms with Gasteiger partial charge in [0.05, 0.1) is 0 Å². The first-order valence-electron chi connectivity index (χ1n) is 10.6. The van der Waals surface area contributed by atoms with Crippen molar-refractivity contribution in [3.63, 3.8) is 0 Å². The van der Waals surface area contributed by atoms with Gasteiger partial charge in [-0.2, -0.15) is 6.20 Å². The van der Waals surface area contributed by atoms with Crippen molar-refractivity contribution in [2.24, 2.45) is 0 Å². The third-order valence-electron chi connectivity index (χ3n) is 4.68. The minimum absolute atomic E-state index is 0. The van der Waals surface area contributed by atoms with Crippen LogP contribution in [0.1, 0.15) is 23.0 Å². The number of carbonyl (C=O) groups excluding carboxylic acids is 2. The first-order chi connectivity index (χ1) is 16.3. The number of ketones is 1. The van der Waals surface area contributed by atoms with E-state index in [4.69, 9.17) is 4.74 Å². The van der Waals surface area contributed by atoms with E-state index in [1.165, 1.54) is 6.07 Å². The summed E-state index contributed by atoms with van der Waals surface area (Å²) in [5, 5.41) is 0. The van der Waals surface area contributed by atoms with Gasteiger partial charge in [0.1, 0.15) is 5.75 Å². The van der Waals surface area contributed by atoms with Crippen LogP contribution < -0.4 is 14.6 Å². The van der Waals surface area contributed by atoms with Crippen molar-refractivity contribution < 1.29 is 34.4 Å². The maximum Gasteiger partial charge on any atom is 0.338 e. The standard InChI is InChI=1S/C15H13NO3.C13H13N2.Ir/c1-10(2)15(18)19-12-6-3-5-11(9-12)14(17)13-7-4-8-16-13;1-15(2)12-7-5-6-11(10-12)13-8-3-4-9-14-13;/h3-9H,1H2,2H3,(H,16,17);3-5,7-10H,1-2H3;/q;-1;/p-1. The largest absolute Gasteiger partial charge is 0.661 e. The molecular formula is C28H25IrN3O3-2. The molecule has 0 spiro atoms. The average molecular weight is 644 g/mol. The molecule has 0 aliphatic rings. The molecule has 4 aromatic rings. The van der Waals surface area contributed by atoms with Crippen molar-refractivity contribution in [1.82, 2.24) is 9.97 Å². The van der Waals surface area contributed by atoms with Crippen LogP contribution in [0, 0.1) is 6.07 Å². The summed E-state index contributed by atoms with van der Waals surface area (Å²) >= 11 is 0. The van der Waals surface area contributed by atoms with Crippen LogP contribution in [0.5, 0.6) is 5.75 Å². The first-order valence-corrected chi connectivity index (χ1v) is 10.6. The van der Waals surface area contributed by atoms with Gasteiger partial charge in [-0.15, -0.1) is 29.8 Å². The maximum absolute atomic E-state index is 12.1. The third-order valence-corrected chi connectivity index (χ3v) is 4.68. The number of carbonyl (C=O) groups is 2. The summed E-state index contributed by atoms with van der Waals surface area (Å²) in [6.07, 6.45) is 3.35. The van der Waals surface area contributed by atoms with Gasteiger partial charge in [-0.05, 0) is 36.5 Å². The van der Waals surface area contributed by atoms with Gasteiger partial charge in [-0.1, -0.05) is 48.7 Å². The van der Waals surface area contributed by atoms with Crippen LogP contribution >= 0.6 is 0 Å². The summed E-state index contributed by atoms with van der Waals surface area (Å²) in [5.41, 5.74) is 4.24. The molecule has 2 aromatic heterocycles. The second kappa shape index (κ2) is 13.2. The van der Waals surface area contributed by atoms with E-state index in [2.05, 4.69) is 33.6 Å². The summed E-state index contributed by atoms with van der Waals surface area (Å²) in [7, 11) is 4.05. The smallest absolute Gasteiger partial charge is 0.338 e. The van der Waals surface area contributed by atoms with Gasteiger partial charge in [0.25, 0.3) is 0 Å². The zero-order valence-electron chi connectivity index (χ0n) is 19.7. The summed E-state index contributed by atoms with van der Waals surface area (Å²) < 4.78 is 5.07. The minimum atomic E-state index is -0.518. The van der Waals surface area contributed by atoms with Gasteiger partial charge in [0.15, 0.2) is 5.78 Å². The molecule has 2 heterocycles. The van der Waals surface area contributed by atoms with Gasteiger partial charge in [-0.3, -0.25) is 4.79 Å². The molecule has 0 saturated carbocycles. The van der Waals surface area contributed by atoms with E-state index in [1.54, 1.807) is 49.6 Å². The van der Waals surface area contributed by atoms with E-state index in [0.717, 1.165) is 16.9 Å². The molecule has 0 bridgehead atoms. The molecule has 35 heavy (non-hydrogen) atoms. The van der Waals surface area contributed by atoms with Crippen LogP contribution in [0.15, 0.2) is 97.3 Å². The predicted octanol–water partition coefficient (Wildman–Crippen LogP) is 4.97. The van der Waals surface area contributed by atoms with Crippen LogP contribution in [0.2, 0.25) is 0 Å².